The normalized spacial score (nSPS) is 22.5. The number of rotatable bonds is 6. The summed E-state index contributed by atoms with van der Waals surface area (Å²) in [4.78, 5) is 10.8. The topological polar surface area (TPSA) is 58.6 Å². The smallest absolute Gasteiger partial charge is 0.335 e. The van der Waals surface area contributed by atoms with Crippen LogP contribution in [0.25, 0.3) is 0 Å². The zero-order valence-electron chi connectivity index (χ0n) is 12.7. The first-order chi connectivity index (χ1) is 10.2. The molecule has 2 rings (SSSR count). The van der Waals surface area contributed by atoms with Crippen molar-refractivity contribution < 1.29 is 14.6 Å². The van der Waals surface area contributed by atoms with E-state index in [1.54, 1.807) is 24.3 Å². The molecule has 2 atom stereocenters. The molecular weight excluding hydrogens is 266 g/mol. The molecule has 4 heteroatoms. The minimum Gasteiger partial charge on any atom is -0.492 e. The van der Waals surface area contributed by atoms with Crippen molar-refractivity contribution in [3.05, 3.63) is 29.8 Å². The Labute approximate surface area is 126 Å². The minimum absolute atomic E-state index is 0.285. The van der Waals surface area contributed by atoms with Gasteiger partial charge in [-0.05, 0) is 43.0 Å². The molecule has 0 bridgehead atoms. The molecule has 0 aromatic heterocycles. The Morgan fingerprint density at radius 3 is 2.67 bits per heavy atom. The van der Waals surface area contributed by atoms with Crippen molar-refractivity contribution in [3.8, 4) is 5.75 Å². The van der Waals surface area contributed by atoms with Crippen LogP contribution in [-0.2, 0) is 0 Å². The summed E-state index contributed by atoms with van der Waals surface area (Å²) in [5.41, 5.74) is 0.285. The van der Waals surface area contributed by atoms with E-state index in [0.29, 0.717) is 12.6 Å². The number of aromatic carboxylic acids is 1. The molecule has 21 heavy (non-hydrogen) atoms. The monoisotopic (exact) mass is 291 g/mol. The standard InChI is InChI=1S/C17H25NO3/c1-13-5-3-2-4-6-16(13)18-11-12-21-15-9-7-14(8-10-15)17(19)20/h7-10,13,16,18H,2-6,11-12H2,1H3,(H,19,20). The fourth-order valence-electron chi connectivity index (χ4n) is 2.90. The van der Waals surface area contributed by atoms with Crippen LogP contribution in [-0.4, -0.2) is 30.3 Å². The van der Waals surface area contributed by atoms with E-state index in [-0.39, 0.29) is 5.56 Å². The molecule has 0 spiro atoms. The van der Waals surface area contributed by atoms with Crippen LogP contribution in [0.15, 0.2) is 24.3 Å². The van der Waals surface area contributed by atoms with Gasteiger partial charge in [-0.2, -0.15) is 0 Å². The second-order valence-corrected chi connectivity index (χ2v) is 5.85. The number of ether oxygens (including phenoxy) is 1. The third kappa shape index (κ3) is 5.05. The fraction of sp³-hybridized carbons (Fsp3) is 0.588. The van der Waals surface area contributed by atoms with Gasteiger partial charge in [-0.15, -0.1) is 0 Å². The summed E-state index contributed by atoms with van der Waals surface area (Å²) in [6, 6.07) is 7.15. The molecule has 116 valence electrons. The number of carboxylic acid groups (broad SMARTS) is 1. The predicted octanol–water partition coefficient (Wildman–Crippen LogP) is 3.32. The molecule has 2 unspecified atom stereocenters. The molecule has 0 aliphatic heterocycles. The highest BCUT2D eigenvalue weighted by Gasteiger charge is 2.18. The van der Waals surface area contributed by atoms with Gasteiger partial charge in [0.2, 0.25) is 0 Å². The van der Waals surface area contributed by atoms with Gasteiger partial charge in [0.1, 0.15) is 12.4 Å². The van der Waals surface area contributed by atoms with Gasteiger partial charge in [0.05, 0.1) is 5.56 Å². The molecule has 0 saturated heterocycles. The lowest BCUT2D eigenvalue weighted by Crippen LogP contribution is -2.36. The van der Waals surface area contributed by atoms with E-state index < -0.39 is 5.97 Å². The summed E-state index contributed by atoms with van der Waals surface area (Å²) in [6.07, 6.45) is 6.60. The highest BCUT2D eigenvalue weighted by atomic mass is 16.5. The molecule has 0 amide bonds. The quantitative estimate of drug-likeness (QED) is 0.623. The van der Waals surface area contributed by atoms with Gasteiger partial charge in [0.15, 0.2) is 0 Å². The van der Waals surface area contributed by atoms with Crippen molar-refractivity contribution in [2.75, 3.05) is 13.2 Å². The van der Waals surface area contributed by atoms with Crippen LogP contribution < -0.4 is 10.1 Å². The maximum absolute atomic E-state index is 10.8. The molecule has 1 aliphatic carbocycles. The van der Waals surface area contributed by atoms with Crippen molar-refractivity contribution in [2.45, 2.75) is 45.1 Å². The molecule has 4 nitrogen and oxygen atoms in total. The molecule has 2 N–H and O–H groups in total. The summed E-state index contributed by atoms with van der Waals surface area (Å²) in [7, 11) is 0. The van der Waals surface area contributed by atoms with E-state index in [0.717, 1.165) is 18.2 Å². The molecule has 1 saturated carbocycles. The maximum atomic E-state index is 10.8. The summed E-state index contributed by atoms with van der Waals surface area (Å²) in [5.74, 6) is 0.545. The lowest BCUT2D eigenvalue weighted by Gasteiger charge is -2.22. The van der Waals surface area contributed by atoms with Crippen LogP contribution in [0, 0.1) is 5.92 Å². The first-order valence-corrected chi connectivity index (χ1v) is 7.86. The average molecular weight is 291 g/mol. The Balaban J connectivity index is 1.70. The third-order valence-electron chi connectivity index (χ3n) is 4.24. The molecule has 1 aliphatic rings. The number of hydrogen-bond donors (Lipinski definition) is 2. The average Bonchev–Trinajstić information content (AvgIpc) is 2.69. The predicted molar refractivity (Wildman–Crippen MR) is 82.9 cm³/mol. The van der Waals surface area contributed by atoms with E-state index in [2.05, 4.69) is 12.2 Å². The van der Waals surface area contributed by atoms with E-state index in [1.165, 1.54) is 32.1 Å². The number of carboxylic acids is 1. The summed E-state index contributed by atoms with van der Waals surface area (Å²) in [6.45, 7) is 3.76. The van der Waals surface area contributed by atoms with E-state index in [4.69, 9.17) is 9.84 Å². The highest BCUT2D eigenvalue weighted by Crippen LogP contribution is 2.22. The second-order valence-electron chi connectivity index (χ2n) is 5.85. The van der Waals surface area contributed by atoms with Crippen molar-refractivity contribution in [1.82, 2.24) is 5.32 Å². The van der Waals surface area contributed by atoms with Crippen LogP contribution in [0.1, 0.15) is 49.4 Å². The highest BCUT2D eigenvalue weighted by molar-refractivity contribution is 5.87. The Kier molecular flexibility index (Phi) is 6.05. The zero-order chi connectivity index (χ0) is 15.1. The van der Waals surface area contributed by atoms with Gasteiger partial charge in [-0.25, -0.2) is 4.79 Å². The number of hydrogen-bond acceptors (Lipinski definition) is 3. The molecule has 1 aromatic rings. The number of benzene rings is 1. The van der Waals surface area contributed by atoms with Crippen LogP contribution in [0.5, 0.6) is 5.75 Å². The SMILES string of the molecule is CC1CCCCCC1NCCOc1ccc(C(=O)O)cc1. The molecular formula is C17H25NO3. The van der Waals surface area contributed by atoms with Gasteiger partial charge < -0.3 is 15.2 Å². The van der Waals surface area contributed by atoms with Crippen LogP contribution in [0.2, 0.25) is 0 Å². The van der Waals surface area contributed by atoms with Crippen LogP contribution >= 0.6 is 0 Å². The van der Waals surface area contributed by atoms with Crippen molar-refractivity contribution in [3.63, 3.8) is 0 Å². The largest absolute Gasteiger partial charge is 0.492 e. The maximum Gasteiger partial charge on any atom is 0.335 e. The lowest BCUT2D eigenvalue weighted by atomic mass is 9.97. The number of carbonyl (C=O) groups is 1. The van der Waals surface area contributed by atoms with Crippen molar-refractivity contribution in [2.24, 2.45) is 5.92 Å². The zero-order valence-corrected chi connectivity index (χ0v) is 12.7. The van der Waals surface area contributed by atoms with Crippen LogP contribution in [0.4, 0.5) is 0 Å². The van der Waals surface area contributed by atoms with Gasteiger partial charge >= 0.3 is 5.97 Å². The molecule has 1 aromatic carbocycles. The summed E-state index contributed by atoms with van der Waals surface area (Å²) < 4.78 is 5.64. The Hall–Kier alpha value is -1.55. The molecule has 0 heterocycles. The summed E-state index contributed by atoms with van der Waals surface area (Å²) in [5, 5.41) is 12.4. The third-order valence-corrected chi connectivity index (χ3v) is 4.24. The minimum atomic E-state index is -0.912. The van der Waals surface area contributed by atoms with Gasteiger partial charge in [0, 0.05) is 12.6 Å². The van der Waals surface area contributed by atoms with E-state index in [1.807, 2.05) is 0 Å². The Bertz CT molecular complexity index is 444. The first-order valence-electron chi connectivity index (χ1n) is 7.86. The Morgan fingerprint density at radius 1 is 1.24 bits per heavy atom. The summed E-state index contributed by atoms with van der Waals surface area (Å²) >= 11 is 0. The number of nitrogens with one attached hydrogen (secondary N) is 1. The van der Waals surface area contributed by atoms with Gasteiger partial charge in [-0.1, -0.05) is 26.2 Å². The van der Waals surface area contributed by atoms with Gasteiger partial charge in [0.25, 0.3) is 0 Å². The lowest BCUT2D eigenvalue weighted by molar-refractivity contribution is 0.0697. The Morgan fingerprint density at radius 2 is 1.95 bits per heavy atom. The van der Waals surface area contributed by atoms with Crippen LogP contribution in [0.3, 0.4) is 0 Å². The second kappa shape index (κ2) is 8.03. The molecule has 0 radical (unpaired) electrons. The fourth-order valence-corrected chi connectivity index (χ4v) is 2.90. The van der Waals surface area contributed by atoms with Crippen molar-refractivity contribution >= 4 is 5.97 Å². The first kappa shape index (κ1) is 15.8. The van der Waals surface area contributed by atoms with E-state index in [9.17, 15) is 4.79 Å². The van der Waals surface area contributed by atoms with Crippen molar-refractivity contribution in [1.29, 1.82) is 0 Å². The van der Waals surface area contributed by atoms with E-state index >= 15 is 0 Å². The van der Waals surface area contributed by atoms with Gasteiger partial charge in [-0.3, -0.25) is 0 Å². The molecule has 1 fully saturated rings.